The van der Waals surface area contributed by atoms with E-state index in [-0.39, 0.29) is 81.5 Å². The Bertz CT molecular complexity index is 4520. The first kappa shape index (κ1) is 90.1. The van der Waals surface area contributed by atoms with Crippen molar-refractivity contribution >= 4 is 69.7 Å². The molecular formula is C82H72BrF3N7NaO21. The van der Waals surface area contributed by atoms with Crippen LogP contribution in [0.15, 0.2) is 278 Å². The second-order valence-electron chi connectivity index (χ2n) is 24.2. The van der Waals surface area contributed by atoms with E-state index >= 15 is 13.2 Å². The fourth-order valence-electron chi connectivity index (χ4n) is 11.0. The van der Waals surface area contributed by atoms with Gasteiger partial charge in [0.1, 0.15) is 44.4 Å². The molecule has 0 aliphatic carbocycles. The van der Waals surface area contributed by atoms with Gasteiger partial charge in [0.2, 0.25) is 0 Å². The number of nitrogens with zero attached hydrogens (tertiary/aromatic N) is 6. The molecule has 0 saturated carbocycles. The molecule has 3 aliphatic heterocycles. The van der Waals surface area contributed by atoms with Crippen LogP contribution < -0.4 is 35.3 Å². The Balaban J connectivity index is 0.000000233. The van der Waals surface area contributed by atoms with E-state index in [1.165, 1.54) is 77.7 Å². The van der Waals surface area contributed by atoms with E-state index in [9.17, 15) is 43.2 Å². The number of rotatable bonds is 22. The molecule has 0 bridgehead atoms. The van der Waals surface area contributed by atoms with Gasteiger partial charge in [0.05, 0.1) is 50.1 Å². The Labute approximate surface area is 686 Å². The number of esters is 9. The van der Waals surface area contributed by atoms with Crippen molar-refractivity contribution in [1.29, 1.82) is 0 Å². The van der Waals surface area contributed by atoms with Crippen molar-refractivity contribution in [3.8, 4) is 0 Å². The van der Waals surface area contributed by atoms with Gasteiger partial charge in [0.15, 0.2) is 66.4 Å². The average Bonchev–Trinajstić information content (AvgIpc) is 0.794. The van der Waals surface area contributed by atoms with Gasteiger partial charge >= 0.3 is 83.3 Å². The van der Waals surface area contributed by atoms with E-state index in [1.807, 2.05) is 0 Å². The Kier molecular flexibility index (Phi) is 36.2. The molecule has 0 amide bonds. The second-order valence-corrected chi connectivity index (χ2v) is 25.1. The van der Waals surface area contributed by atoms with Crippen LogP contribution in [-0.4, -0.2) is 164 Å². The summed E-state index contributed by atoms with van der Waals surface area (Å²) in [6.45, 7) is -1.54. The normalized spacial score (nSPS) is 22.1. The summed E-state index contributed by atoms with van der Waals surface area (Å²) in [7, 11) is 0. The van der Waals surface area contributed by atoms with Crippen molar-refractivity contribution in [3.63, 3.8) is 0 Å². The number of hydrogen-bond acceptors (Lipinski definition) is 23. The minimum absolute atomic E-state index is 0. The smallest absolute Gasteiger partial charge is 0.459 e. The zero-order valence-corrected chi connectivity index (χ0v) is 63.7. The first-order valence-corrected chi connectivity index (χ1v) is 35.2. The molecule has 0 radical (unpaired) electrons. The van der Waals surface area contributed by atoms with Crippen LogP contribution in [0.3, 0.4) is 0 Å². The zero-order chi connectivity index (χ0) is 80.6. The molecule has 15 atom stereocenters. The van der Waals surface area contributed by atoms with E-state index < -0.39 is 164 Å². The van der Waals surface area contributed by atoms with Crippen LogP contribution in [0.2, 0.25) is 0 Å². The first-order valence-electron chi connectivity index (χ1n) is 34.3. The van der Waals surface area contributed by atoms with Crippen LogP contribution in [0.1, 0.15) is 101 Å². The van der Waals surface area contributed by atoms with Gasteiger partial charge in [-0.05, 0) is 115 Å². The Morgan fingerprint density at radius 3 is 0.791 bits per heavy atom. The summed E-state index contributed by atoms with van der Waals surface area (Å²) in [6.07, 6.45) is -22.5. The maximum Gasteiger partial charge on any atom is 1.00 e. The number of carbonyl (C=O) groups is 9. The fourth-order valence-corrected chi connectivity index (χ4v) is 11.7. The van der Waals surface area contributed by atoms with Crippen molar-refractivity contribution in [2.75, 3.05) is 19.8 Å². The van der Waals surface area contributed by atoms with E-state index in [2.05, 4.69) is 26.0 Å². The summed E-state index contributed by atoms with van der Waals surface area (Å²) in [5, 5.41) is 2.44. The van der Waals surface area contributed by atoms with E-state index in [4.69, 9.17) is 79.2 Å². The van der Waals surface area contributed by atoms with Gasteiger partial charge in [0, 0.05) is 4.91 Å². The number of nitrogens with two attached hydrogens (primary N) is 1. The largest absolute Gasteiger partial charge is 1.00 e. The fraction of sp³-hybridized carbons (Fsp3) is 0.232. The summed E-state index contributed by atoms with van der Waals surface area (Å²) in [5.41, 5.74) is 30.5. The molecule has 590 valence electrons. The number of alkyl halides is 4. The van der Waals surface area contributed by atoms with E-state index in [0.29, 0.717) is 5.56 Å². The molecule has 12 rings (SSSR count). The van der Waals surface area contributed by atoms with Crippen molar-refractivity contribution in [1.82, 2.24) is 0 Å². The quantitative estimate of drug-likeness (QED) is 0.0125. The van der Waals surface area contributed by atoms with Gasteiger partial charge in [-0.2, -0.15) is 0 Å². The second kappa shape index (κ2) is 46.2. The standard InChI is InChI=1S/C27H22BrFO7.C27H22FN3O7.C27H24FNO7.CH4.N3.Na/c28-24-23(36-27(32)19-14-8-3-9-15-19)22(35-26(31)18-12-6-2-7-13-18)21(29)20(34-24)16-33-25(30)17-10-4-1-5-11-17;28-21-20(16-35-25(32)17-10-4-1-5-11-17)36-24(30-31-29)23(38-27(34)19-14-8-3-9-15-19)22(21)37-26(33)18-12-6-2-7-13-18;28-21-20(16-33-25(30)17-10-4-1-5-11-17)34-24(29)23(36-27(32)19-14-8-3-9-15-19)22(21)35-26(31)18-12-6-2-7-13-18;;1-3-2;/h1-15,20-24H,16H2;1-15,20-24H,16H2;1-15,20-24H,16,29H2;1H4;;/q;;;;-1;+1/t20-,21-,22+,23-,24+;2*20-,21-,22+,23-,24-;;;/m111.../s1. The van der Waals surface area contributed by atoms with Crippen LogP contribution in [0, 0.1) is 0 Å². The number of ether oxygens (including phenoxy) is 12. The zero-order valence-electron chi connectivity index (χ0n) is 60.1. The molecule has 9 aromatic carbocycles. The van der Waals surface area contributed by atoms with Gasteiger partial charge < -0.3 is 73.6 Å². The minimum Gasteiger partial charge on any atom is -0.459 e. The van der Waals surface area contributed by atoms with Gasteiger partial charge in [-0.25, -0.2) is 56.3 Å². The summed E-state index contributed by atoms with van der Waals surface area (Å²) in [5.74, 6) is -7.03. The van der Waals surface area contributed by atoms with Crippen molar-refractivity contribution in [2.45, 2.75) is 98.3 Å². The maximum absolute atomic E-state index is 15.8. The molecule has 3 fully saturated rings. The third kappa shape index (κ3) is 26.0. The van der Waals surface area contributed by atoms with Crippen LogP contribution >= 0.6 is 15.9 Å². The third-order valence-corrected chi connectivity index (χ3v) is 17.4. The number of halogens is 4. The third-order valence-electron chi connectivity index (χ3n) is 16.6. The van der Waals surface area contributed by atoms with E-state index in [0.717, 1.165) is 0 Å². The number of hydrogen-bond donors (Lipinski definition) is 1. The molecule has 115 heavy (non-hydrogen) atoms. The molecule has 0 unspecified atom stereocenters. The molecule has 0 aromatic heterocycles. The van der Waals surface area contributed by atoms with Gasteiger partial charge in [-0.15, -0.1) is 0 Å². The molecule has 3 heterocycles. The molecule has 33 heteroatoms. The van der Waals surface area contributed by atoms with Crippen LogP contribution in [0.25, 0.3) is 26.4 Å². The van der Waals surface area contributed by atoms with Crippen molar-refractivity contribution in [2.24, 2.45) is 10.8 Å². The van der Waals surface area contributed by atoms with E-state index in [1.54, 1.807) is 200 Å². The SMILES string of the molecule is C.N[C@@H]1O[C@H](COC(=O)c2ccccc2)[C@@H](F)[C@H](OC(=O)c2ccccc2)[C@H]1OC(=O)c1ccccc1.O=C(OC[C@H]1O[C@H](Br)[C@H](OC(=O)c2ccccc2)[C@@H](OC(=O)c2ccccc2)[C@@H]1F)c1ccccc1.[N-]=[N+]=N[C@@H]1O[C@H](COC(=O)c2ccccc2)[C@@H](F)[C@H](OC(=O)c2ccccc2)[C@H]1OC(=O)c1ccccc1.[N-]=[N+]=[N-].[Na+]. The van der Waals surface area contributed by atoms with Crippen molar-refractivity contribution < 1.29 is 143 Å². The number of carbonyl (C=O) groups excluding carboxylic acids is 9. The van der Waals surface area contributed by atoms with Crippen LogP contribution in [0.4, 0.5) is 13.2 Å². The monoisotopic (exact) mass is 1650 g/mol. The molecule has 3 saturated heterocycles. The Morgan fingerprint density at radius 2 is 0.530 bits per heavy atom. The Hall–Kier alpha value is -12.1. The van der Waals surface area contributed by atoms with Crippen LogP contribution in [-0.2, 0) is 56.8 Å². The first-order chi connectivity index (χ1) is 54.8. The predicted octanol–water partition coefficient (Wildman–Crippen LogP) is 11.2. The van der Waals surface area contributed by atoms with Crippen LogP contribution in [0.5, 0.6) is 0 Å². The van der Waals surface area contributed by atoms with Gasteiger partial charge in [0.25, 0.3) is 0 Å². The summed E-state index contributed by atoms with van der Waals surface area (Å²) in [4.78, 5) is 118. The molecule has 28 nitrogen and oxygen atoms in total. The molecule has 3 aliphatic rings. The number of benzene rings is 9. The summed E-state index contributed by atoms with van der Waals surface area (Å²) >= 11 is 3.26. The molecule has 0 spiro atoms. The van der Waals surface area contributed by atoms with Gasteiger partial charge in [-0.1, -0.05) is 192 Å². The average molecular weight is 1650 g/mol. The summed E-state index contributed by atoms with van der Waals surface area (Å²) < 4.78 is 112. The van der Waals surface area contributed by atoms with Gasteiger partial charge in [-0.3, -0.25) is 4.91 Å². The predicted molar refractivity (Wildman–Crippen MR) is 404 cm³/mol. The minimum atomic E-state index is -2.12. The Morgan fingerprint density at radius 1 is 0.330 bits per heavy atom. The summed E-state index contributed by atoms with van der Waals surface area (Å²) in [6, 6.07) is 72.1. The maximum atomic E-state index is 15.8. The molecule has 2 N–H and O–H groups in total. The number of azide groups is 1. The molecule has 9 aromatic rings. The van der Waals surface area contributed by atoms with Crippen molar-refractivity contribution in [3.05, 3.63) is 349 Å². The molecular weight excluding hydrogens is 1580 g/mol. The topological polar surface area (TPSA) is 398 Å².